The fourth-order valence-electron chi connectivity index (χ4n) is 5.08. The Kier molecular flexibility index (Phi) is 7.38. The van der Waals surface area contributed by atoms with Crippen LogP contribution in [0.1, 0.15) is 43.7 Å². The van der Waals surface area contributed by atoms with Gasteiger partial charge in [-0.05, 0) is 79.4 Å². The Morgan fingerprint density at radius 3 is 2.53 bits per heavy atom. The first kappa shape index (κ1) is 24.9. The van der Waals surface area contributed by atoms with Gasteiger partial charge < -0.3 is 9.88 Å². The molecule has 1 aromatic heterocycles. The van der Waals surface area contributed by atoms with Crippen LogP contribution >= 0.6 is 23.2 Å². The number of nitrogens with zero attached hydrogens (tertiary/aromatic N) is 2. The maximum atomic E-state index is 12.1. The molecule has 3 aromatic carbocycles. The van der Waals surface area contributed by atoms with Crippen LogP contribution in [0, 0.1) is 5.92 Å². The summed E-state index contributed by atoms with van der Waals surface area (Å²) in [7, 11) is 0. The Labute approximate surface area is 222 Å². The molecule has 0 bridgehead atoms. The molecule has 4 nitrogen and oxygen atoms in total. The summed E-state index contributed by atoms with van der Waals surface area (Å²) < 4.78 is 2.12. The molecule has 1 fully saturated rings. The minimum absolute atomic E-state index is 0.0271. The Morgan fingerprint density at radius 2 is 1.75 bits per heavy atom. The van der Waals surface area contributed by atoms with Gasteiger partial charge in [0.25, 0.3) is 0 Å². The topological polar surface area (TPSA) is 37.3 Å². The van der Waals surface area contributed by atoms with Gasteiger partial charge in [0.05, 0.1) is 21.2 Å². The van der Waals surface area contributed by atoms with E-state index in [-0.39, 0.29) is 11.8 Å². The zero-order valence-electron chi connectivity index (χ0n) is 20.7. The highest BCUT2D eigenvalue weighted by Gasteiger charge is 2.22. The van der Waals surface area contributed by atoms with Gasteiger partial charge in [0.1, 0.15) is 0 Å². The van der Waals surface area contributed by atoms with E-state index in [9.17, 15) is 4.79 Å². The van der Waals surface area contributed by atoms with Crippen LogP contribution in [0.4, 0.5) is 5.69 Å². The van der Waals surface area contributed by atoms with Crippen LogP contribution in [0.3, 0.4) is 0 Å². The molecule has 0 saturated carbocycles. The number of piperidine rings is 1. The highest BCUT2D eigenvalue weighted by Crippen LogP contribution is 2.34. The van der Waals surface area contributed by atoms with Gasteiger partial charge in [-0.3, -0.25) is 9.69 Å². The normalized spacial score (nSPS) is 15.0. The third-order valence-corrected chi connectivity index (χ3v) is 7.95. The van der Waals surface area contributed by atoms with Gasteiger partial charge in [-0.2, -0.15) is 0 Å². The molecule has 5 rings (SSSR count). The summed E-state index contributed by atoms with van der Waals surface area (Å²) in [4.78, 5) is 14.6. The molecule has 0 unspecified atom stereocenters. The quantitative estimate of drug-likeness (QED) is 0.281. The van der Waals surface area contributed by atoms with Gasteiger partial charge in [0.15, 0.2) is 0 Å². The maximum absolute atomic E-state index is 12.1. The van der Waals surface area contributed by atoms with Crippen molar-refractivity contribution in [3.05, 3.63) is 94.1 Å². The lowest BCUT2D eigenvalue weighted by molar-refractivity contribution is -0.118. The SMILES string of the molecule is CC(C)C(=O)Nc1cccc(C2CCN(Cc3cccc4c3ccn4-c3cccc(Cl)c3Cl)CC2)c1. The van der Waals surface area contributed by atoms with Crippen molar-refractivity contribution in [2.45, 2.75) is 39.2 Å². The molecule has 0 aliphatic carbocycles. The molecular formula is C30H31Cl2N3O. The Balaban J connectivity index is 1.27. The molecular weight excluding hydrogens is 489 g/mol. The van der Waals surface area contributed by atoms with E-state index in [2.05, 4.69) is 63.4 Å². The first-order valence-corrected chi connectivity index (χ1v) is 13.3. The van der Waals surface area contributed by atoms with Crippen molar-refractivity contribution in [2.75, 3.05) is 18.4 Å². The fourth-order valence-corrected chi connectivity index (χ4v) is 5.47. The van der Waals surface area contributed by atoms with Crippen LogP contribution in [0.15, 0.2) is 72.9 Å². The summed E-state index contributed by atoms with van der Waals surface area (Å²) in [6, 6.07) is 22.7. The van der Waals surface area contributed by atoms with Crippen molar-refractivity contribution >= 4 is 45.7 Å². The van der Waals surface area contributed by atoms with Crippen LogP contribution in [-0.4, -0.2) is 28.5 Å². The van der Waals surface area contributed by atoms with Crippen molar-refractivity contribution in [1.82, 2.24) is 9.47 Å². The predicted octanol–water partition coefficient (Wildman–Crippen LogP) is 7.91. The number of carbonyl (C=O) groups excluding carboxylic acids is 1. The summed E-state index contributed by atoms with van der Waals surface area (Å²) in [5.74, 6) is 0.544. The number of fused-ring (bicyclic) bond motifs is 1. The van der Waals surface area contributed by atoms with E-state index in [0.717, 1.165) is 49.4 Å². The molecule has 2 heterocycles. The Morgan fingerprint density at radius 1 is 1.00 bits per heavy atom. The molecule has 36 heavy (non-hydrogen) atoms. The minimum Gasteiger partial charge on any atom is -0.326 e. The number of nitrogens with one attached hydrogen (secondary N) is 1. The Bertz CT molecular complexity index is 1390. The molecule has 1 amide bonds. The summed E-state index contributed by atoms with van der Waals surface area (Å²) in [6.45, 7) is 6.84. The highest BCUT2D eigenvalue weighted by molar-refractivity contribution is 6.43. The highest BCUT2D eigenvalue weighted by atomic mass is 35.5. The van der Waals surface area contributed by atoms with E-state index in [1.54, 1.807) is 0 Å². The van der Waals surface area contributed by atoms with Crippen molar-refractivity contribution in [3.8, 4) is 5.69 Å². The van der Waals surface area contributed by atoms with E-state index < -0.39 is 0 Å². The third-order valence-electron chi connectivity index (χ3n) is 7.15. The van der Waals surface area contributed by atoms with E-state index >= 15 is 0 Å². The van der Waals surface area contributed by atoms with Crippen LogP contribution in [0.25, 0.3) is 16.6 Å². The van der Waals surface area contributed by atoms with Crippen molar-refractivity contribution in [2.24, 2.45) is 5.92 Å². The predicted molar refractivity (Wildman–Crippen MR) is 150 cm³/mol. The molecule has 0 radical (unpaired) electrons. The molecule has 1 aliphatic heterocycles. The maximum Gasteiger partial charge on any atom is 0.226 e. The number of amides is 1. The molecule has 0 spiro atoms. The molecule has 4 aromatic rings. The number of rotatable bonds is 6. The minimum atomic E-state index is -0.0271. The van der Waals surface area contributed by atoms with Gasteiger partial charge in [-0.15, -0.1) is 0 Å². The zero-order valence-corrected chi connectivity index (χ0v) is 22.2. The lowest BCUT2D eigenvalue weighted by Gasteiger charge is -2.32. The summed E-state index contributed by atoms with van der Waals surface area (Å²) in [6.07, 6.45) is 4.29. The average molecular weight is 521 g/mol. The molecule has 1 saturated heterocycles. The number of halogens is 2. The summed E-state index contributed by atoms with van der Waals surface area (Å²) in [5, 5.41) is 5.40. The van der Waals surface area contributed by atoms with E-state index in [0.29, 0.717) is 16.0 Å². The zero-order chi connectivity index (χ0) is 25.2. The van der Waals surface area contributed by atoms with Crippen molar-refractivity contribution in [1.29, 1.82) is 0 Å². The summed E-state index contributed by atoms with van der Waals surface area (Å²) in [5.41, 5.74) is 5.55. The van der Waals surface area contributed by atoms with Gasteiger partial charge in [0, 0.05) is 29.7 Å². The van der Waals surface area contributed by atoms with Crippen molar-refractivity contribution < 1.29 is 4.79 Å². The van der Waals surface area contributed by atoms with Gasteiger partial charge in [0.2, 0.25) is 5.91 Å². The number of anilines is 1. The van der Waals surface area contributed by atoms with E-state index in [1.807, 2.05) is 38.1 Å². The van der Waals surface area contributed by atoms with E-state index in [1.165, 1.54) is 16.5 Å². The molecule has 186 valence electrons. The number of hydrogen-bond acceptors (Lipinski definition) is 2. The summed E-state index contributed by atoms with van der Waals surface area (Å²) >= 11 is 12.8. The molecule has 1 N–H and O–H groups in total. The molecule has 6 heteroatoms. The van der Waals surface area contributed by atoms with E-state index in [4.69, 9.17) is 23.2 Å². The second-order valence-corrected chi connectivity index (χ2v) is 10.7. The molecule has 0 atom stereocenters. The second-order valence-electron chi connectivity index (χ2n) is 9.93. The lowest BCUT2D eigenvalue weighted by Crippen LogP contribution is -2.32. The van der Waals surface area contributed by atoms with Crippen LogP contribution in [-0.2, 0) is 11.3 Å². The van der Waals surface area contributed by atoms with Crippen molar-refractivity contribution in [3.63, 3.8) is 0 Å². The lowest BCUT2D eigenvalue weighted by atomic mass is 9.89. The monoisotopic (exact) mass is 519 g/mol. The van der Waals surface area contributed by atoms with Gasteiger partial charge >= 0.3 is 0 Å². The number of aromatic nitrogens is 1. The Hall–Kier alpha value is -2.79. The first-order valence-electron chi connectivity index (χ1n) is 12.6. The first-order chi connectivity index (χ1) is 17.4. The number of likely N-dealkylation sites (tertiary alicyclic amines) is 1. The van der Waals surface area contributed by atoms with Crippen LogP contribution < -0.4 is 5.32 Å². The number of hydrogen-bond donors (Lipinski definition) is 1. The number of benzene rings is 3. The average Bonchev–Trinajstić information content (AvgIpc) is 3.31. The molecule has 1 aliphatic rings. The largest absolute Gasteiger partial charge is 0.326 e. The van der Waals surface area contributed by atoms with Crippen LogP contribution in [0.2, 0.25) is 10.0 Å². The van der Waals surface area contributed by atoms with Gasteiger partial charge in [-0.25, -0.2) is 0 Å². The number of carbonyl (C=O) groups is 1. The third kappa shape index (κ3) is 5.17. The fraction of sp³-hybridized carbons (Fsp3) is 0.300. The standard InChI is InChI=1S/C30H31Cl2N3O/c1-20(2)30(36)33-24-8-3-6-22(18-24)21-12-15-34(16-13-21)19-23-7-4-10-27-25(23)14-17-35(27)28-11-5-9-26(31)29(28)32/h3-11,14,17-18,20-21H,12-13,15-16,19H2,1-2H3,(H,33,36). The second kappa shape index (κ2) is 10.7. The smallest absolute Gasteiger partial charge is 0.226 e. The van der Waals surface area contributed by atoms with Gasteiger partial charge in [-0.1, -0.05) is 67.4 Å². The van der Waals surface area contributed by atoms with Crippen LogP contribution in [0.5, 0.6) is 0 Å².